The van der Waals surface area contributed by atoms with Gasteiger partial charge in [0.15, 0.2) is 5.96 Å². The molecule has 0 spiro atoms. The molecule has 3 rings (SSSR count). The molecule has 0 amide bonds. The Kier molecular flexibility index (Phi) is 5.47. The van der Waals surface area contributed by atoms with Crippen molar-refractivity contribution in [1.82, 2.24) is 25.4 Å². The highest BCUT2D eigenvalue weighted by molar-refractivity contribution is 5.80. The molecule has 2 atom stereocenters. The molecule has 1 aromatic heterocycles. The standard InChI is InChI=1S/C17H23FN6O/c1-12(25-15-6-3-13(18)4-7-15)9-20-17(19-2)23-14-5-8-16-21-11-22-24(16)10-14/h3-4,6-7,11-12,14H,5,8-10H2,1-2H3,(H2,19,20,23). The zero-order valence-electron chi connectivity index (χ0n) is 14.4. The number of benzene rings is 1. The second kappa shape index (κ2) is 7.96. The maximum atomic E-state index is 12.9. The highest BCUT2D eigenvalue weighted by Gasteiger charge is 2.20. The number of hydrogen-bond donors (Lipinski definition) is 2. The van der Waals surface area contributed by atoms with Gasteiger partial charge in [-0.05, 0) is 37.6 Å². The van der Waals surface area contributed by atoms with Crippen LogP contribution < -0.4 is 15.4 Å². The van der Waals surface area contributed by atoms with Gasteiger partial charge < -0.3 is 15.4 Å². The van der Waals surface area contributed by atoms with E-state index in [0.717, 1.165) is 31.2 Å². The minimum Gasteiger partial charge on any atom is -0.489 e. The van der Waals surface area contributed by atoms with Crippen LogP contribution in [0.5, 0.6) is 5.75 Å². The molecule has 2 aromatic rings. The van der Waals surface area contributed by atoms with E-state index in [0.29, 0.717) is 12.3 Å². The minimum absolute atomic E-state index is 0.0858. The first-order valence-electron chi connectivity index (χ1n) is 8.40. The Morgan fingerprint density at radius 3 is 3.00 bits per heavy atom. The van der Waals surface area contributed by atoms with Crippen LogP contribution in [0.15, 0.2) is 35.6 Å². The second-order valence-corrected chi connectivity index (χ2v) is 6.07. The van der Waals surface area contributed by atoms with Crippen LogP contribution in [0.3, 0.4) is 0 Å². The topological polar surface area (TPSA) is 76.4 Å². The number of ether oxygens (including phenoxy) is 1. The summed E-state index contributed by atoms with van der Waals surface area (Å²) in [4.78, 5) is 8.49. The van der Waals surface area contributed by atoms with Gasteiger partial charge >= 0.3 is 0 Å². The molecule has 1 aliphatic heterocycles. The minimum atomic E-state index is -0.272. The van der Waals surface area contributed by atoms with Gasteiger partial charge in [0.1, 0.15) is 29.8 Å². The van der Waals surface area contributed by atoms with Crippen molar-refractivity contribution >= 4 is 5.96 Å². The SMILES string of the molecule is CN=C(NCC(C)Oc1ccc(F)cc1)NC1CCc2ncnn2C1. The molecule has 2 heterocycles. The number of nitrogens with one attached hydrogen (secondary N) is 2. The van der Waals surface area contributed by atoms with E-state index in [9.17, 15) is 4.39 Å². The first-order chi connectivity index (χ1) is 12.1. The number of aliphatic imine (C=N–C) groups is 1. The number of aryl methyl sites for hydroxylation is 1. The molecule has 1 aliphatic rings. The van der Waals surface area contributed by atoms with Gasteiger partial charge in [-0.15, -0.1) is 0 Å². The molecular formula is C17H23FN6O. The average Bonchev–Trinajstić information content (AvgIpc) is 3.08. The van der Waals surface area contributed by atoms with Gasteiger partial charge in [-0.1, -0.05) is 0 Å². The van der Waals surface area contributed by atoms with Crippen molar-refractivity contribution in [3.05, 3.63) is 42.2 Å². The summed E-state index contributed by atoms with van der Waals surface area (Å²) in [6.45, 7) is 3.31. The van der Waals surface area contributed by atoms with E-state index in [-0.39, 0.29) is 18.0 Å². The molecule has 0 saturated carbocycles. The smallest absolute Gasteiger partial charge is 0.191 e. The normalized spacial score (nSPS) is 18.4. The molecule has 1 aromatic carbocycles. The fraction of sp³-hybridized carbons (Fsp3) is 0.471. The second-order valence-electron chi connectivity index (χ2n) is 6.07. The first kappa shape index (κ1) is 17.2. The Hall–Kier alpha value is -2.64. The van der Waals surface area contributed by atoms with Crippen LogP contribution in [-0.4, -0.2) is 46.5 Å². The summed E-state index contributed by atoms with van der Waals surface area (Å²) < 4.78 is 20.6. The third kappa shape index (κ3) is 4.68. The van der Waals surface area contributed by atoms with Gasteiger partial charge in [0.2, 0.25) is 0 Å². The molecule has 7 nitrogen and oxygen atoms in total. The fourth-order valence-corrected chi connectivity index (χ4v) is 2.77. The maximum Gasteiger partial charge on any atom is 0.191 e. The number of nitrogens with zero attached hydrogens (tertiary/aromatic N) is 4. The van der Waals surface area contributed by atoms with E-state index < -0.39 is 0 Å². The Bertz CT molecular complexity index is 714. The van der Waals surface area contributed by atoms with Crippen molar-refractivity contribution in [1.29, 1.82) is 0 Å². The zero-order valence-corrected chi connectivity index (χ0v) is 14.4. The lowest BCUT2D eigenvalue weighted by Gasteiger charge is -2.26. The van der Waals surface area contributed by atoms with E-state index in [1.54, 1.807) is 25.5 Å². The van der Waals surface area contributed by atoms with E-state index in [4.69, 9.17) is 4.74 Å². The van der Waals surface area contributed by atoms with Crippen LogP contribution in [0.1, 0.15) is 19.2 Å². The summed E-state index contributed by atoms with van der Waals surface area (Å²) in [6.07, 6.45) is 3.40. The monoisotopic (exact) mass is 346 g/mol. The number of hydrogen-bond acceptors (Lipinski definition) is 4. The Labute approximate surface area is 146 Å². The summed E-state index contributed by atoms with van der Waals surface area (Å²) in [7, 11) is 1.74. The highest BCUT2D eigenvalue weighted by Crippen LogP contribution is 2.13. The molecule has 8 heteroatoms. The number of guanidine groups is 1. The number of fused-ring (bicyclic) bond motifs is 1. The van der Waals surface area contributed by atoms with E-state index >= 15 is 0 Å². The van der Waals surface area contributed by atoms with E-state index in [1.165, 1.54) is 12.1 Å². The van der Waals surface area contributed by atoms with Crippen LogP contribution in [0.2, 0.25) is 0 Å². The van der Waals surface area contributed by atoms with Crippen molar-refractivity contribution in [2.75, 3.05) is 13.6 Å². The third-order valence-corrected chi connectivity index (χ3v) is 4.08. The molecule has 25 heavy (non-hydrogen) atoms. The molecule has 0 saturated heterocycles. The van der Waals surface area contributed by atoms with Crippen molar-refractivity contribution < 1.29 is 9.13 Å². The van der Waals surface area contributed by atoms with Crippen molar-refractivity contribution in [2.45, 2.75) is 38.5 Å². The van der Waals surface area contributed by atoms with Crippen molar-refractivity contribution in [3.8, 4) is 5.75 Å². The zero-order chi connectivity index (χ0) is 17.6. The van der Waals surface area contributed by atoms with Gasteiger partial charge in [0.05, 0.1) is 13.1 Å². The van der Waals surface area contributed by atoms with Gasteiger partial charge in [-0.25, -0.2) is 14.1 Å². The Balaban J connectivity index is 1.45. The maximum absolute atomic E-state index is 12.9. The van der Waals surface area contributed by atoms with Crippen LogP contribution in [0.25, 0.3) is 0 Å². The highest BCUT2D eigenvalue weighted by atomic mass is 19.1. The van der Waals surface area contributed by atoms with E-state index in [2.05, 4.69) is 25.7 Å². The molecular weight excluding hydrogens is 323 g/mol. The van der Waals surface area contributed by atoms with Gasteiger partial charge in [-0.3, -0.25) is 4.99 Å². The van der Waals surface area contributed by atoms with Crippen molar-refractivity contribution in [3.63, 3.8) is 0 Å². The lowest BCUT2D eigenvalue weighted by molar-refractivity contribution is 0.223. The average molecular weight is 346 g/mol. The Morgan fingerprint density at radius 2 is 2.24 bits per heavy atom. The number of halogens is 1. The molecule has 0 radical (unpaired) electrons. The molecule has 134 valence electrons. The Morgan fingerprint density at radius 1 is 1.44 bits per heavy atom. The lowest BCUT2D eigenvalue weighted by atomic mass is 10.1. The summed E-state index contributed by atoms with van der Waals surface area (Å²) in [5.74, 6) is 2.13. The summed E-state index contributed by atoms with van der Waals surface area (Å²) in [5, 5.41) is 10.9. The predicted molar refractivity (Wildman–Crippen MR) is 93.1 cm³/mol. The van der Waals surface area contributed by atoms with Crippen LogP contribution in [0, 0.1) is 5.82 Å². The molecule has 2 N–H and O–H groups in total. The molecule has 0 fully saturated rings. The van der Waals surface area contributed by atoms with Gasteiger partial charge in [0.25, 0.3) is 0 Å². The fourth-order valence-electron chi connectivity index (χ4n) is 2.77. The third-order valence-electron chi connectivity index (χ3n) is 4.08. The van der Waals surface area contributed by atoms with Crippen molar-refractivity contribution in [2.24, 2.45) is 4.99 Å². The van der Waals surface area contributed by atoms with E-state index in [1.807, 2.05) is 11.6 Å². The summed E-state index contributed by atoms with van der Waals surface area (Å²) in [5.41, 5.74) is 0. The summed E-state index contributed by atoms with van der Waals surface area (Å²) >= 11 is 0. The summed E-state index contributed by atoms with van der Waals surface area (Å²) in [6, 6.07) is 6.27. The van der Waals surface area contributed by atoms with Gasteiger partial charge in [0, 0.05) is 19.5 Å². The lowest BCUT2D eigenvalue weighted by Crippen LogP contribution is -2.48. The molecule has 0 aliphatic carbocycles. The first-order valence-corrected chi connectivity index (χ1v) is 8.40. The van der Waals surface area contributed by atoms with Crippen LogP contribution >= 0.6 is 0 Å². The molecule has 0 bridgehead atoms. The molecule has 2 unspecified atom stereocenters. The van der Waals surface area contributed by atoms with Gasteiger partial charge in [-0.2, -0.15) is 5.10 Å². The van der Waals surface area contributed by atoms with Crippen LogP contribution in [-0.2, 0) is 13.0 Å². The van der Waals surface area contributed by atoms with Crippen LogP contribution in [0.4, 0.5) is 4.39 Å². The number of aromatic nitrogens is 3. The predicted octanol–water partition coefficient (Wildman–Crippen LogP) is 1.36. The largest absolute Gasteiger partial charge is 0.489 e. The quantitative estimate of drug-likeness (QED) is 0.632. The number of rotatable bonds is 5.